The molecule has 0 amide bonds. The van der Waals surface area contributed by atoms with E-state index in [4.69, 9.17) is 9.47 Å². The number of aromatic nitrogens is 2. The normalized spacial score (nSPS) is 15.2. The Morgan fingerprint density at radius 1 is 0.862 bits per heavy atom. The number of hydrogen-bond donors (Lipinski definition) is 0. The van der Waals surface area contributed by atoms with Crippen molar-refractivity contribution in [2.75, 3.05) is 37.9 Å². The van der Waals surface area contributed by atoms with Crippen molar-refractivity contribution in [3.05, 3.63) is 54.4 Å². The minimum absolute atomic E-state index is 0. The van der Waals surface area contributed by atoms with E-state index >= 15 is 0 Å². The van der Waals surface area contributed by atoms with Gasteiger partial charge in [0.25, 0.3) is 0 Å². The van der Waals surface area contributed by atoms with Crippen LogP contribution < -0.4 is 14.4 Å². The van der Waals surface area contributed by atoms with Gasteiger partial charge in [-0.1, -0.05) is 18.2 Å². The second-order valence-electron chi connectivity index (χ2n) is 6.67. The zero-order chi connectivity index (χ0) is 17.3. The molecule has 156 valence electrons. The highest BCUT2D eigenvalue weighted by Gasteiger charge is 2.21. The summed E-state index contributed by atoms with van der Waals surface area (Å²) in [6.45, 7) is 5.19. The molecule has 3 aromatic rings. The molecule has 0 saturated carbocycles. The van der Waals surface area contributed by atoms with Crippen LogP contribution in [0.3, 0.4) is 0 Å². The third-order valence-corrected chi connectivity index (χ3v) is 5.04. The lowest BCUT2D eigenvalue weighted by Gasteiger charge is -2.35. The fourth-order valence-corrected chi connectivity index (χ4v) is 3.66. The molecule has 1 fully saturated rings. The number of fused-ring (bicyclic) bond motifs is 2. The number of anilines is 1. The molecule has 1 aromatic heterocycles. The smallest absolute Gasteiger partial charge is 0.231 e. The summed E-state index contributed by atoms with van der Waals surface area (Å²) in [7, 11) is 0. The molecule has 0 unspecified atom stereocenters. The second kappa shape index (κ2) is 9.93. The number of rotatable bonds is 3. The number of piperazine rings is 1. The van der Waals surface area contributed by atoms with E-state index in [0.717, 1.165) is 60.9 Å². The van der Waals surface area contributed by atoms with Gasteiger partial charge >= 0.3 is 0 Å². The number of nitrogens with zero attached hydrogens (tertiary/aromatic N) is 4. The maximum absolute atomic E-state index is 5.48. The Balaban J connectivity index is 0.000001000. The third-order valence-electron chi connectivity index (χ3n) is 5.04. The fourth-order valence-electron chi connectivity index (χ4n) is 3.66. The summed E-state index contributed by atoms with van der Waals surface area (Å²) >= 11 is 0. The van der Waals surface area contributed by atoms with Crippen molar-refractivity contribution >= 4 is 41.5 Å². The highest BCUT2D eigenvalue weighted by Crippen LogP contribution is 2.33. The predicted molar refractivity (Wildman–Crippen MR) is 118 cm³/mol. The summed E-state index contributed by atoms with van der Waals surface area (Å²) in [5, 5.41) is 1.12. The van der Waals surface area contributed by atoms with Crippen molar-refractivity contribution in [2.24, 2.45) is 0 Å². The van der Waals surface area contributed by atoms with E-state index in [-0.39, 0.29) is 30.3 Å². The van der Waals surface area contributed by atoms with Gasteiger partial charge in [0.1, 0.15) is 12.1 Å². The van der Waals surface area contributed by atoms with Crippen LogP contribution in [0.1, 0.15) is 5.56 Å². The number of ether oxygens (including phenoxy) is 2. The van der Waals surface area contributed by atoms with Crippen LogP contribution in [0.25, 0.3) is 10.9 Å². The highest BCUT2D eigenvalue weighted by molar-refractivity contribution is 5.89. The molecule has 1 saturated heterocycles. The lowest BCUT2D eigenvalue weighted by Crippen LogP contribution is -2.46. The molecule has 0 spiro atoms. The SMILES string of the molecule is Cl.Cl.O.c1ccc2c(N3CCN(Cc4ccc5c(c4)OCO5)CC3)ncnc2c1. The van der Waals surface area contributed by atoms with Crippen molar-refractivity contribution in [3.8, 4) is 11.5 Å². The van der Waals surface area contributed by atoms with E-state index in [1.54, 1.807) is 6.33 Å². The molecule has 3 heterocycles. The summed E-state index contributed by atoms with van der Waals surface area (Å²) in [6, 6.07) is 14.4. The average Bonchev–Trinajstić information content (AvgIpc) is 3.16. The van der Waals surface area contributed by atoms with Gasteiger partial charge in [0, 0.05) is 38.1 Å². The first-order chi connectivity index (χ1) is 12.9. The highest BCUT2D eigenvalue weighted by atomic mass is 35.5. The van der Waals surface area contributed by atoms with Crippen LogP contribution in [0.5, 0.6) is 11.5 Å². The Morgan fingerprint density at radius 2 is 1.62 bits per heavy atom. The maximum Gasteiger partial charge on any atom is 0.231 e. The molecule has 0 bridgehead atoms. The molecule has 2 aliphatic heterocycles. The van der Waals surface area contributed by atoms with Gasteiger partial charge in [0.15, 0.2) is 11.5 Å². The maximum atomic E-state index is 5.48. The quantitative estimate of drug-likeness (QED) is 0.624. The zero-order valence-electron chi connectivity index (χ0n) is 15.8. The van der Waals surface area contributed by atoms with E-state index < -0.39 is 0 Å². The van der Waals surface area contributed by atoms with Crippen molar-refractivity contribution in [2.45, 2.75) is 6.54 Å². The fraction of sp³-hybridized carbons (Fsp3) is 0.300. The molecule has 2 N–H and O–H groups in total. The first-order valence-corrected chi connectivity index (χ1v) is 8.92. The van der Waals surface area contributed by atoms with Crippen LogP contribution in [-0.4, -0.2) is 53.3 Å². The largest absolute Gasteiger partial charge is 0.454 e. The Kier molecular flexibility index (Phi) is 7.87. The van der Waals surface area contributed by atoms with E-state index in [9.17, 15) is 0 Å². The van der Waals surface area contributed by atoms with Gasteiger partial charge in [0.2, 0.25) is 6.79 Å². The Hall–Kier alpha value is -2.32. The first-order valence-electron chi connectivity index (χ1n) is 8.92. The van der Waals surface area contributed by atoms with Crippen LogP contribution in [0.2, 0.25) is 0 Å². The third kappa shape index (κ3) is 4.64. The van der Waals surface area contributed by atoms with E-state index in [1.165, 1.54) is 5.56 Å². The molecule has 5 rings (SSSR count). The van der Waals surface area contributed by atoms with Crippen molar-refractivity contribution < 1.29 is 14.9 Å². The van der Waals surface area contributed by atoms with Crippen LogP contribution in [0, 0.1) is 0 Å². The number of hydrogen-bond acceptors (Lipinski definition) is 6. The molecule has 0 aliphatic carbocycles. The van der Waals surface area contributed by atoms with Crippen molar-refractivity contribution in [1.29, 1.82) is 0 Å². The van der Waals surface area contributed by atoms with Crippen LogP contribution in [0.15, 0.2) is 48.8 Å². The Labute approximate surface area is 181 Å². The van der Waals surface area contributed by atoms with Crippen molar-refractivity contribution in [1.82, 2.24) is 14.9 Å². The van der Waals surface area contributed by atoms with Crippen LogP contribution in [-0.2, 0) is 6.54 Å². The molecule has 29 heavy (non-hydrogen) atoms. The molecule has 2 aromatic carbocycles. The average molecular weight is 439 g/mol. The summed E-state index contributed by atoms with van der Waals surface area (Å²) < 4.78 is 10.9. The van der Waals surface area contributed by atoms with Gasteiger partial charge in [-0.15, -0.1) is 24.8 Å². The minimum atomic E-state index is 0. The van der Waals surface area contributed by atoms with Gasteiger partial charge in [-0.05, 0) is 29.8 Å². The van der Waals surface area contributed by atoms with E-state index in [1.807, 2.05) is 24.3 Å². The van der Waals surface area contributed by atoms with Crippen LogP contribution >= 0.6 is 24.8 Å². The first kappa shape index (κ1) is 23.0. The molecular formula is C20H24Cl2N4O3. The molecule has 9 heteroatoms. The Morgan fingerprint density at radius 3 is 2.45 bits per heavy atom. The molecular weight excluding hydrogens is 415 g/mol. The second-order valence-corrected chi connectivity index (χ2v) is 6.67. The predicted octanol–water partition coefficient (Wildman–Crippen LogP) is 2.70. The lowest BCUT2D eigenvalue weighted by atomic mass is 10.1. The van der Waals surface area contributed by atoms with Gasteiger partial charge in [-0.3, -0.25) is 4.90 Å². The molecule has 0 atom stereocenters. The number of halogens is 2. The summed E-state index contributed by atoms with van der Waals surface area (Å²) in [5.41, 5.74) is 2.26. The monoisotopic (exact) mass is 438 g/mol. The topological polar surface area (TPSA) is 82.2 Å². The molecule has 7 nitrogen and oxygen atoms in total. The number of benzene rings is 2. The van der Waals surface area contributed by atoms with Gasteiger partial charge in [0.05, 0.1) is 5.52 Å². The van der Waals surface area contributed by atoms with Gasteiger partial charge < -0.3 is 19.8 Å². The lowest BCUT2D eigenvalue weighted by molar-refractivity contribution is 0.174. The summed E-state index contributed by atoms with van der Waals surface area (Å²) in [6.07, 6.45) is 1.66. The van der Waals surface area contributed by atoms with E-state index in [0.29, 0.717) is 6.79 Å². The van der Waals surface area contributed by atoms with Gasteiger partial charge in [-0.2, -0.15) is 0 Å². The van der Waals surface area contributed by atoms with Crippen LogP contribution in [0.4, 0.5) is 5.82 Å². The summed E-state index contributed by atoms with van der Waals surface area (Å²) in [4.78, 5) is 13.7. The zero-order valence-corrected chi connectivity index (χ0v) is 17.4. The molecule has 0 radical (unpaired) electrons. The Bertz CT molecular complexity index is 947. The number of para-hydroxylation sites is 1. The van der Waals surface area contributed by atoms with Gasteiger partial charge in [-0.25, -0.2) is 9.97 Å². The van der Waals surface area contributed by atoms with Crippen molar-refractivity contribution in [3.63, 3.8) is 0 Å². The summed E-state index contributed by atoms with van der Waals surface area (Å²) in [5.74, 6) is 2.74. The standard InChI is InChI=1S/C20H20N4O2.2ClH.H2O/c1-2-4-17-16(3-1)20(22-13-21-17)24-9-7-23(8-10-24)12-15-5-6-18-19(11-15)26-14-25-18;;;/h1-6,11,13H,7-10,12,14H2;2*1H;1H2. The molecule has 2 aliphatic rings. The minimum Gasteiger partial charge on any atom is -0.454 e. The van der Waals surface area contributed by atoms with E-state index in [2.05, 4.69) is 38.0 Å².